The second-order valence-corrected chi connectivity index (χ2v) is 8.16. The van der Waals surface area contributed by atoms with Gasteiger partial charge in [0.2, 0.25) is 16.1 Å². The van der Waals surface area contributed by atoms with Crippen LogP contribution in [-0.4, -0.2) is 50.8 Å². The number of nitrogens with one attached hydrogen (secondary N) is 2. The molecule has 0 aliphatic carbocycles. The molecule has 0 aromatic heterocycles. The quantitative estimate of drug-likeness (QED) is 0.675. The zero-order chi connectivity index (χ0) is 21.0. The summed E-state index contributed by atoms with van der Waals surface area (Å²) in [5, 5.41) is 0. The summed E-state index contributed by atoms with van der Waals surface area (Å²) in [7, 11) is -2.81. The van der Waals surface area contributed by atoms with Crippen LogP contribution in [0.5, 0.6) is 11.5 Å². The second-order valence-electron chi connectivity index (χ2n) is 6.12. The van der Waals surface area contributed by atoms with Gasteiger partial charge in [0.15, 0.2) is 11.5 Å². The SMILES string of the molecule is CN(CC(=O)NNC(=O)C1COc2ccccc2O1)S(=O)(=O)c1ccc(F)cc1. The van der Waals surface area contributed by atoms with Gasteiger partial charge < -0.3 is 9.47 Å². The van der Waals surface area contributed by atoms with Crippen molar-refractivity contribution >= 4 is 21.8 Å². The van der Waals surface area contributed by atoms with Crippen LogP contribution in [0.2, 0.25) is 0 Å². The highest BCUT2D eigenvalue weighted by Crippen LogP contribution is 2.30. The van der Waals surface area contributed by atoms with Crippen LogP contribution in [0.15, 0.2) is 53.4 Å². The summed E-state index contributed by atoms with van der Waals surface area (Å²) >= 11 is 0. The molecule has 0 saturated carbocycles. The normalized spacial score (nSPS) is 15.6. The highest BCUT2D eigenvalue weighted by Gasteiger charge is 2.28. The van der Waals surface area contributed by atoms with Crippen molar-refractivity contribution in [1.82, 2.24) is 15.2 Å². The lowest BCUT2D eigenvalue weighted by Crippen LogP contribution is -2.52. The molecule has 3 rings (SSSR count). The molecule has 11 heteroatoms. The molecule has 154 valence electrons. The third kappa shape index (κ3) is 4.81. The van der Waals surface area contributed by atoms with Gasteiger partial charge in [-0.1, -0.05) is 12.1 Å². The minimum atomic E-state index is -3.99. The molecule has 1 heterocycles. The number of carbonyl (C=O) groups excluding carboxylic acids is 2. The Morgan fingerprint density at radius 2 is 1.76 bits per heavy atom. The zero-order valence-corrected chi connectivity index (χ0v) is 16.1. The average Bonchev–Trinajstić information content (AvgIpc) is 2.71. The number of carbonyl (C=O) groups is 2. The van der Waals surface area contributed by atoms with Gasteiger partial charge in [-0.05, 0) is 36.4 Å². The number of amides is 2. The van der Waals surface area contributed by atoms with Crippen molar-refractivity contribution in [3.8, 4) is 11.5 Å². The summed E-state index contributed by atoms with van der Waals surface area (Å²) in [5.74, 6) is -1.10. The molecular formula is C18H18FN3O6S. The number of hydrogen-bond acceptors (Lipinski definition) is 6. The van der Waals surface area contributed by atoms with Gasteiger partial charge in [0, 0.05) is 7.05 Å². The standard InChI is InChI=1S/C18H18FN3O6S/c1-22(29(25,26)13-8-6-12(19)7-9-13)10-17(23)20-21-18(24)16-11-27-14-4-2-3-5-15(14)28-16/h2-9,16H,10-11H2,1H3,(H,20,23)(H,21,24). The molecule has 0 fully saturated rings. The second kappa shape index (κ2) is 8.45. The predicted octanol–water partition coefficient (Wildman–Crippen LogP) is 0.434. The predicted molar refractivity (Wildman–Crippen MR) is 98.9 cm³/mol. The van der Waals surface area contributed by atoms with Gasteiger partial charge in [-0.3, -0.25) is 20.4 Å². The number of sulfonamides is 1. The van der Waals surface area contributed by atoms with Crippen LogP contribution in [-0.2, 0) is 19.6 Å². The largest absolute Gasteiger partial charge is 0.485 e. The highest BCUT2D eigenvalue weighted by molar-refractivity contribution is 7.89. The molecule has 2 aromatic rings. The van der Waals surface area contributed by atoms with E-state index in [9.17, 15) is 22.4 Å². The molecule has 29 heavy (non-hydrogen) atoms. The number of ether oxygens (including phenoxy) is 2. The lowest BCUT2D eigenvalue weighted by molar-refractivity contribution is -0.135. The minimum absolute atomic E-state index is 0.0441. The Morgan fingerprint density at radius 3 is 2.45 bits per heavy atom. The van der Waals surface area contributed by atoms with Crippen molar-refractivity contribution < 1.29 is 31.9 Å². The van der Waals surface area contributed by atoms with Crippen molar-refractivity contribution in [3.05, 3.63) is 54.3 Å². The van der Waals surface area contributed by atoms with Crippen LogP contribution in [0, 0.1) is 5.82 Å². The third-order valence-corrected chi connectivity index (χ3v) is 5.83. The van der Waals surface area contributed by atoms with E-state index in [-0.39, 0.29) is 11.5 Å². The maximum atomic E-state index is 13.0. The van der Waals surface area contributed by atoms with Gasteiger partial charge in [0.05, 0.1) is 11.4 Å². The lowest BCUT2D eigenvalue weighted by Gasteiger charge is -2.25. The van der Waals surface area contributed by atoms with Gasteiger partial charge in [-0.2, -0.15) is 4.31 Å². The number of para-hydroxylation sites is 2. The van der Waals surface area contributed by atoms with E-state index in [4.69, 9.17) is 9.47 Å². The maximum absolute atomic E-state index is 13.0. The molecule has 1 aliphatic rings. The number of fused-ring (bicyclic) bond motifs is 1. The van der Waals surface area contributed by atoms with Gasteiger partial charge in [0.25, 0.3) is 11.8 Å². The third-order valence-electron chi connectivity index (χ3n) is 4.01. The molecule has 1 atom stereocenters. The molecule has 9 nitrogen and oxygen atoms in total. The van der Waals surface area contributed by atoms with E-state index >= 15 is 0 Å². The smallest absolute Gasteiger partial charge is 0.283 e. The first-order valence-corrected chi connectivity index (χ1v) is 9.90. The van der Waals surface area contributed by atoms with Crippen molar-refractivity contribution in [2.24, 2.45) is 0 Å². The van der Waals surface area contributed by atoms with E-state index in [2.05, 4.69) is 10.9 Å². The lowest BCUT2D eigenvalue weighted by atomic mass is 10.2. The van der Waals surface area contributed by atoms with Crippen LogP contribution in [0.4, 0.5) is 4.39 Å². The van der Waals surface area contributed by atoms with E-state index in [1.807, 2.05) is 0 Å². The first-order valence-electron chi connectivity index (χ1n) is 8.46. The molecule has 2 amide bonds. The van der Waals surface area contributed by atoms with E-state index < -0.39 is 40.3 Å². The first-order chi connectivity index (χ1) is 13.8. The number of benzene rings is 2. The summed E-state index contributed by atoms with van der Waals surface area (Å²) in [6.07, 6.45) is -0.981. The van der Waals surface area contributed by atoms with Crippen molar-refractivity contribution in [2.45, 2.75) is 11.0 Å². The van der Waals surface area contributed by atoms with Crippen molar-refractivity contribution in [1.29, 1.82) is 0 Å². The average molecular weight is 423 g/mol. The Morgan fingerprint density at radius 1 is 1.10 bits per heavy atom. The molecule has 0 bridgehead atoms. The summed E-state index contributed by atoms with van der Waals surface area (Å²) in [6.45, 7) is -0.609. The van der Waals surface area contributed by atoms with Gasteiger partial charge >= 0.3 is 0 Å². The number of likely N-dealkylation sites (N-methyl/N-ethyl adjacent to an activating group) is 1. The Labute approximate surface area is 166 Å². The van der Waals surface area contributed by atoms with Gasteiger partial charge in [0.1, 0.15) is 12.4 Å². The summed E-state index contributed by atoms with van der Waals surface area (Å²) < 4.78 is 49.4. The topological polar surface area (TPSA) is 114 Å². The molecule has 1 unspecified atom stereocenters. The fourth-order valence-corrected chi connectivity index (χ4v) is 3.60. The molecule has 1 aliphatic heterocycles. The number of hydrazine groups is 1. The summed E-state index contributed by atoms with van der Waals surface area (Å²) in [5.41, 5.74) is 4.30. The Bertz CT molecular complexity index is 1010. The van der Waals surface area contributed by atoms with Gasteiger partial charge in [-0.25, -0.2) is 12.8 Å². The molecular weight excluding hydrogens is 405 g/mol. The van der Waals surface area contributed by atoms with Crippen LogP contribution < -0.4 is 20.3 Å². The van der Waals surface area contributed by atoms with E-state index in [1.54, 1.807) is 24.3 Å². The summed E-state index contributed by atoms with van der Waals surface area (Å²) in [4.78, 5) is 24.0. The monoisotopic (exact) mass is 423 g/mol. The van der Waals surface area contributed by atoms with Crippen LogP contribution in [0.3, 0.4) is 0 Å². The van der Waals surface area contributed by atoms with E-state index in [0.717, 1.165) is 28.6 Å². The Balaban J connectivity index is 1.52. The van der Waals surface area contributed by atoms with E-state index in [1.165, 1.54) is 7.05 Å². The van der Waals surface area contributed by atoms with Crippen molar-refractivity contribution in [2.75, 3.05) is 20.2 Å². The van der Waals surface area contributed by atoms with Crippen LogP contribution in [0.25, 0.3) is 0 Å². The first kappa shape index (κ1) is 20.6. The minimum Gasteiger partial charge on any atom is -0.485 e. The van der Waals surface area contributed by atoms with E-state index in [0.29, 0.717) is 11.5 Å². The Kier molecular flexibility index (Phi) is 5.99. The highest BCUT2D eigenvalue weighted by atomic mass is 32.2. The zero-order valence-electron chi connectivity index (χ0n) is 15.3. The fourth-order valence-electron chi connectivity index (χ4n) is 2.47. The Hall–Kier alpha value is -3.18. The number of rotatable bonds is 5. The molecule has 2 N–H and O–H groups in total. The number of nitrogens with zero attached hydrogens (tertiary/aromatic N) is 1. The summed E-state index contributed by atoms with van der Waals surface area (Å²) in [6, 6.07) is 11.0. The fraction of sp³-hybridized carbons (Fsp3) is 0.222. The molecule has 0 saturated heterocycles. The molecule has 0 radical (unpaired) electrons. The molecule has 2 aromatic carbocycles. The maximum Gasteiger partial charge on any atom is 0.283 e. The van der Waals surface area contributed by atoms with Crippen LogP contribution in [0.1, 0.15) is 0 Å². The van der Waals surface area contributed by atoms with Crippen LogP contribution >= 0.6 is 0 Å². The van der Waals surface area contributed by atoms with Crippen molar-refractivity contribution in [3.63, 3.8) is 0 Å². The molecule has 0 spiro atoms. The number of halogens is 1. The van der Waals surface area contributed by atoms with Gasteiger partial charge in [-0.15, -0.1) is 0 Å². The number of hydrogen-bond donors (Lipinski definition) is 2.